The van der Waals surface area contributed by atoms with Crippen molar-refractivity contribution in [3.63, 3.8) is 0 Å². The minimum atomic E-state index is -3.35. The van der Waals surface area contributed by atoms with Gasteiger partial charge in [0.15, 0.2) is 5.75 Å². The summed E-state index contributed by atoms with van der Waals surface area (Å²) in [5, 5.41) is 24.0. The molecule has 8 nitrogen and oxygen atoms in total. The lowest BCUT2D eigenvalue weighted by Gasteiger charge is -2.17. The fraction of sp³-hybridized carbons (Fsp3) is 0.238. The number of hydrogen-bond acceptors (Lipinski definition) is 6. The van der Waals surface area contributed by atoms with Crippen molar-refractivity contribution in [1.29, 1.82) is 5.26 Å². The van der Waals surface area contributed by atoms with E-state index in [0.717, 1.165) is 0 Å². The lowest BCUT2D eigenvalue weighted by Crippen LogP contribution is -2.38. The Labute approximate surface area is 178 Å². The topological polar surface area (TPSA) is 120 Å². The van der Waals surface area contributed by atoms with Gasteiger partial charge in [-0.1, -0.05) is 12.1 Å². The fourth-order valence-corrected chi connectivity index (χ4v) is 3.65. The molecular weight excluding hydrogens is 427 g/mol. The van der Waals surface area contributed by atoms with E-state index in [0.29, 0.717) is 15.7 Å². The number of anilines is 1. The van der Waals surface area contributed by atoms with Gasteiger partial charge in [-0.3, -0.25) is 19.1 Å². The summed E-state index contributed by atoms with van der Waals surface area (Å²) < 4.78 is 42.9. The number of aromatic hydroxyl groups is 1. The molecule has 11 heteroatoms. The Bertz CT molecular complexity index is 1330. The van der Waals surface area contributed by atoms with Crippen molar-refractivity contribution in [2.75, 3.05) is 18.4 Å². The minimum Gasteiger partial charge on any atom is -0.505 e. The number of aromatic nitrogens is 2. The molecule has 3 aromatic rings. The van der Waals surface area contributed by atoms with Crippen molar-refractivity contribution in [3.05, 3.63) is 63.3 Å². The van der Waals surface area contributed by atoms with Crippen molar-refractivity contribution < 1.29 is 23.1 Å². The van der Waals surface area contributed by atoms with Crippen LogP contribution < -0.4 is 16.2 Å². The number of pyridine rings is 2. The molecule has 2 aromatic heterocycles. The van der Waals surface area contributed by atoms with Crippen LogP contribution in [0.1, 0.15) is 21.5 Å². The molecule has 0 spiro atoms. The van der Waals surface area contributed by atoms with Crippen LogP contribution in [0.5, 0.6) is 5.75 Å². The Hall–Kier alpha value is -4.07. The largest absolute Gasteiger partial charge is 0.505 e. The lowest BCUT2D eigenvalue weighted by atomic mass is 10.0. The predicted octanol–water partition coefficient (Wildman–Crippen LogP) is 2.15. The average molecular weight is 443 g/mol. The molecule has 0 bridgehead atoms. The van der Waals surface area contributed by atoms with Crippen LogP contribution in [0.4, 0.5) is 18.9 Å². The number of nitrogens with zero attached hydrogens (tertiary/aromatic N) is 3. The number of rotatable bonds is 4. The molecule has 3 N–H and O–H groups in total. The van der Waals surface area contributed by atoms with Crippen LogP contribution >= 0.6 is 0 Å². The molecule has 1 aromatic carbocycles. The average Bonchev–Trinajstić information content (AvgIpc) is 2.90. The van der Waals surface area contributed by atoms with Crippen LogP contribution in [0.2, 0.25) is 0 Å². The lowest BCUT2D eigenvalue weighted by molar-refractivity contribution is -0.000935. The standard InChI is InChI=1S/C21H16F3N5O3/c22-13-3-1-11(2-4-13)7-12-8-27-16-17-15(12)28-9-21(23,24)10-29(17)20(32)14(18(16)30)19(31)26-6-5-25/h1-4,8,28,30H,6-7,9-10H2,(H,26,31). The molecule has 0 saturated carbocycles. The van der Waals surface area contributed by atoms with Gasteiger partial charge in [0.05, 0.1) is 30.4 Å². The molecule has 0 saturated heterocycles. The third-order valence-electron chi connectivity index (χ3n) is 5.10. The summed E-state index contributed by atoms with van der Waals surface area (Å²) in [6.45, 7) is -2.27. The first-order valence-corrected chi connectivity index (χ1v) is 9.50. The summed E-state index contributed by atoms with van der Waals surface area (Å²) in [5.41, 5.74) is -0.905. The number of hydrogen-bond donors (Lipinski definition) is 3. The molecule has 164 valence electrons. The number of benzene rings is 1. The zero-order valence-electron chi connectivity index (χ0n) is 16.5. The van der Waals surface area contributed by atoms with Crippen molar-refractivity contribution in [1.82, 2.24) is 14.9 Å². The number of alkyl halides is 2. The van der Waals surface area contributed by atoms with Gasteiger partial charge in [0.25, 0.3) is 17.4 Å². The maximum absolute atomic E-state index is 14.5. The Morgan fingerprint density at radius 3 is 2.75 bits per heavy atom. The van der Waals surface area contributed by atoms with Crippen molar-refractivity contribution in [3.8, 4) is 11.8 Å². The van der Waals surface area contributed by atoms with Gasteiger partial charge in [0, 0.05) is 18.2 Å². The smallest absolute Gasteiger partial charge is 0.282 e. The number of carbonyl (C=O) groups excluding carboxylic acids is 1. The van der Waals surface area contributed by atoms with E-state index in [9.17, 15) is 27.9 Å². The van der Waals surface area contributed by atoms with Crippen molar-refractivity contribution in [2.24, 2.45) is 0 Å². The van der Waals surface area contributed by atoms with E-state index in [1.165, 1.54) is 30.5 Å². The van der Waals surface area contributed by atoms with Crippen molar-refractivity contribution >= 4 is 22.6 Å². The molecular formula is C21H16F3N5O3. The fourth-order valence-electron chi connectivity index (χ4n) is 3.65. The molecule has 3 heterocycles. The summed E-state index contributed by atoms with van der Waals surface area (Å²) in [5.74, 6) is -5.61. The van der Waals surface area contributed by atoms with Gasteiger partial charge in [-0.2, -0.15) is 5.26 Å². The molecule has 0 radical (unpaired) electrons. The summed E-state index contributed by atoms with van der Waals surface area (Å²) in [6, 6.07) is 7.25. The first kappa shape index (κ1) is 21.2. The second kappa shape index (κ2) is 7.88. The summed E-state index contributed by atoms with van der Waals surface area (Å²) in [4.78, 5) is 29.5. The highest BCUT2D eigenvalue weighted by molar-refractivity contribution is 6.04. The van der Waals surface area contributed by atoms with Gasteiger partial charge in [0.1, 0.15) is 23.4 Å². The van der Waals surface area contributed by atoms with E-state index in [2.05, 4.69) is 15.6 Å². The highest BCUT2D eigenvalue weighted by Gasteiger charge is 2.36. The summed E-state index contributed by atoms with van der Waals surface area (Å²) in [7, 11) is 0. The predicted molar refractivity (Wildman–Crippen MR) is 108 cm³/mol. The minimum absolute atomic E-state index is 0.0684. The van der Waals surface area contributed by atoms with Crippen LogP contribution in [-0.4, -0.2) is 39.6 Å². The number of nitrogens with one attached hydrogen (secondary N) is 2. The van der Waals surface area contributed by atoms with E-state index >= 15 is 0 Å². The first-order chi connectivity index (χ1) is 15.2. The second-order valence-electron chi connectivity index (χ2n) is 7.32. The van der Waals surface area contributed by atoms with Crippen LogP contribution in [0.25, 0.3) is 11.0 Å². The van der Waals surface area contributed by atoms with Gasteiger partial charge in [0.2, 0.25) is 0 Å². The van der Waals surface area contributed by atoms with E-state index in [1.54, 1.807) is 6.07 Å². The third-order valence-corrected chi connectivity index (χ3v) is 5.10. The second-order valence-corrected chi connectivity index (χ2v) is 7.32. The normalized spacial score (nSPS) is 14.3. The Morgan fingerprint density at radius 1 is 1.34 bits per heavy atom. The van der Waals surface area contributed by atoms with Gasteiger partial charge in [-0.15, -0.1) is 0 Å². The Morgan fingerprint density at radius 2 is 2.06 bits per heavy atom. The summed E-state index contributed by atoms with van der Waals surface area (Å²) in [6.07, 6.45) is 1.53. The van der Waals surface area contributed by atoms with Crippen molar-refractivity contribution in [2.45, 2.75) is 18.9 Å². The number of halogens is 3. The van der Waals surface area contributed by atoms with Crippen LogP contribution in [0.15, 0.2) is 35.3 Å². The molecule has 32 heavy (non-hydrogen) atoms. The molecule has 1 aliphatic heterocycles. The third kappa shape index (κ3) is 3.71. The number of amides is 1. The highest BCUT2D eigenvalue weighted by Crippen LogP contribution is 2.36. The molecule has 0 aliphatic carbocycles. The molecule has 1 amide bonds. The molecule has 0 fully saturated rings. The SMILES string of the molecule is N#CCNC(=O)c1c(O)c2ncc(Cc3ccc(F)cc3)c3c2n(c1=O)CC(F)(F)CN3. The quantitative estimate of drug-likeness (QED) is 0.532. The Balaban J connectivity index is 1.95. The first-order valence-electron chi connectivity index (χ1n) is 9.50. The van der Waals surface area contributed by atoms with Gasteiger partial charge in [-0.25, -0.2) is 13.2 Å². The molecule has 0 atom stereocenters. The number of nitriles is 1. The molecule has 1 aliphatic rings. The monoisotopic (exact) mass is 443 g/mol. The Kier molecular flexibility index (Phi) is 5.22. The van der Waals surface area contributed by atoms with Crippen LogP contribution in [-0.2, 0) is 13.0 Å². The van der Waals surface area contributed by atoms with Gasteiger partial charge >= 0.3 is 0 Å². The summed E-state index contributed by atoms with van der Waals surface area (Å²) >= 11 is 0. The van der Waals surface area contributed by atoms with Gasteiger partial charge < -0.3 is 15.7 Å². The maximum atomic E-state index is 14.5. The van der Waals surface area contributed by atoms with E-state index < -0.39 is 54.2 Å². The van der Waals surface area contributed by atoms with Crippen LogP contribution in [0.3, 0.4) is 0 Å². The molecule has 4 rings (SSSR count). The number of carbonyl (C=O) groups is 1. The zero-order valence-corrected chi connectivity index (χ0v) is 16.5. The van der Waals surface area contributed by atoms with E-state index in [1.807, 2.05) is 0 Å². The van der Waals surface area contributed by atoms with Gasteiger partial charge in [-0.05, 0) is 17.7 Å². The highest BCUT2D eigenvalue weighted by atomic mass is 19.3. The van der Waals surface area contributed by atoms with Crippen LogP contribution in [0, 0.1) is 17.1 Å². The van der Waals surface area contributed by atoms with E-state index in [4.69, 9.17) is 5.26 Å². The maximum Gasteiger partial charge on any atom is 0.282 e. The zero-order chi connectivity index (χ0) is 23.0. The molecule has 0 unspecified atom stereocenters. The van der Waals surface area contributed by atoms with E-state index in [-0.39, 0.29) is 23.1 Å².